The molecule has 0 saturated carbocycles. The molecule has 0 unspecified atom stereocenters. The Morgan fingerprint density at radius 1 is 0.889 bits per heavy atom. The highest BCUT2D eigenvalue weighted by atomic mass is 32.2. The van der Waals surface area contributed by atoms with Crippen LogP contribution in [0.5, 0.6) is 0 Å². The van der Waals surface area contributed by atoms with Crippen molar-refractivity contribution in [2.45, 2.75) is 77.6 Å². The Bertz CT molecular complexity index is 338. The minimum Gasteiger partial charge on any atom is -0.121 e. The average molecular weight is 303 g/mol. The van der Waals surface area contributed by atoms with E-state index >= 15 is 0 Å². The van der Waals surface area contributed by atoms with Crippen LogP contribution in [-0.2, 0) is 6.42 Å². The van der Waals surface area contributed by atoms with Crippen molar-refractivity contribution in [3.05, 3.63) is 13.4 Å². The van der Waals surface area contributed by atoms with Crippen molar-refractivity contribution in [1.29, 1.82) is 0 Å². The van der Waals surface area contributed by atoms with E-state index in [0.29, 0.717) is 0 Å². The molecule has 104 valence electrons. The molecule has 1 heterocycles. The smallest absolute Gasteiger partial charge is 0.121 e. The Balaban J connectivity index is 1.83. The van der Waals surface area contributed by atoms with Gasteiger partial charge in [-0.05, 0) is 12.8 Å². The summed E-state index contributed by atoms with van der Waals surface area (Å²) in [4.78, 5) is 1.49. The van der Waals surface area contributed by atoms with Gasteiger partial charge in [0.15, 0.2) is 0 Å². The normalized spacial score (nSPS) is 10.9. The highest BCUT2D eigenvalue weighted by Crippen LogP contribution is 2.20. The predicted molar refractivity (Wildman–Crippen MR) is 88.6 cm³/mol. The zero-order valence-corrected chi connectivity index (χ0v) is 14.0. The van der Waals surface area contributed by atoms with Crippen LogP contribution in [0.3, 0.4) is 0 Å². The first-order chi connectivity index (χ1) is 8.83. The molecule has 0 N–H and O–H groups in total. The van der Waals surface area contributed by atoms with E-state index in [1.165, 1.54) is 75.5 Å². The lowest BCUT2D eigenvalue weighted by Gasteiger charge is -2.01. The first-order valence-electron chi connectivity index (χ1n) is 7.40. The van der Waals surface area contributed by atoms with Gasteiger partial charge in [-0.25, -0.2) is 0 Å². The second kappa shape index (κ2) is 11.1. The van der Waals surface area contributed by atoms with Crippen LogP contribution in [-0.4, -0.2) is 0 Å². The maximum Gasteiger partial charge on any atom is 0.143 e. The van der Waals surface area contributed by atoms with E-state index in [4.69, 9.17) is 12.2 Å². The zero-order chi connectivity index (χ0) is 13.1. The van der Waals surface area contributed by atoms with E-state index in [0.717, 1.165) is 3.14 Å². The van der Waals surface area contributed by atoms with E-state index in [1.807, 2.05) is 0 Å². The Morgan fingerprint density at radius 2 is 1.44 bits per heavy atom. The SMILES string of the molecule is CCCCCCCCCCCCc1csc(=S)s1. The molecule has 0 aliphatic heterocycles. The van der Waals surface area contributed by atoms with Crippen LogP contribution in [0.4, 0.5) is 0 Å². The topological polar surface area (TPSA) is 0 Å². The van der Waals surface area contributed by atoms with Crippen molar-refractivity contribution in [2.24, 2.45) is 0 Å². The van der Waals surface area contributed by atoms with Crippen molar-refractivity contribution in [3.8, 4) is 0 Å². The number of aryl methyl sites for hydroxylation is 1. The molecule has 0 saturated heterocycles. The van der Waals surface area contributed by atoms with Gasteiger partial charge in [-0.1, -0.05) is 76.9 Å². The first-order valence-corrected chi connectivity index (χ1v) is 9.51. The molecule has 0 radical (unpaired) electrons. The van der Waals surface area contributed by atoms with Crippen molar-refractivity contribution < 1.29 is 0 Å². The molecular formula is C15H26S3. The van der Waals surface area contributed by atoms with Gasteiger partial charge in [0.05, 0.1) is 0 Å². The highest BCUT2D eigenvalue weighted by Gasteiger charge is 1.96. The molecule has 0 aliphatic carbocycles. The molecule has 0 atom stereocenters. The van der Waals surface area contributed by atoms with Crippen molar-refractivity contribution in [1.82, 2.24) is 0 Å². The van der Waals surface area contributed by atoms with Gasteiger partial charge >= 0.3 is 0 Å². The fourth-order valence-corrected chi connectivity index (χ4v) is 4.43. The minimum absolute atomic E-state index is 1.08. The molecule has 0 aromatic carbocycles. The quantitative estimate of drug-likeness (QED) is 0.313. The molecule has 18 heavy (non-hydrogen) atoms. The lowest BCUT2D eigenvalue weighted by Crippen LogP contribution is -1.83. The van der Waals surface area contributed by atoms with Crippen LogP contribution < -0.4 is 0 Å². The van der Waals surface area contributed by atoms with Gasteiger partial charge in [-0.15, -0.1) is 22.7 Å². The largest absolute Gasteiger partial charge is 0.143 e. The Morgan fingerprint density at radius 3 is 1.94 bits per heavy atom. The maximum atomic E-state index is 5.15. The number of unbranched alkanes of at least 4 members (excludes halogenated alkanes) is 9. The Labute approximate surface area is 125 Å². The van der Waals surface area contributed by atoms with Gasteiger partial charge in [0.2, 0.25) is 0 Å². The zero-order valence-electron chi connectivity index (χ0n) is 11.6. The number of hydrogen-bond donors (Lipinski definition) is 0. The van der Waals surface area contributed by atoms with Crippen molar-refractivity contribution >= 4 is 34.9 Å². The standard InChI is InChI=1S/C15H26S3/c1-2-3-4-5-6-7-8-9-10-11-12-14-13-17-15(16)18-14/h13H,2-12H2,1H3. The molecular weight excluding hydrogens is 276 g/mol. The maximum absolute atomic E-state index is 5.15. The van der Waals surface area contributed by atoms with Gasteiger partial charge in [-0.2, -0.15) is 0 Å². The third kappa shape index (κ3) is 8.39. The van der Waals surface area contributed by atoms with E-state index in [1.54, 1.807) is 22.7 Å². The summed E-state index contributed by atoms with van der Waals surface area (Å²) in [5, 5.41) is 2.24. The van der Waals surface area contributed by atoms with E-state index in [2.05, 4.69) is 12.3 Å². The summed E-state index contributed by atoms with van der Waals surface area (Å²) in [7, 11) is 0. The van der Waals surface area contributed by atoms with Crippen molar-refractivity contribution in [3.63, 3.8) is 0 Å². The minimum atomic E-state index is 1.08. The van der Waals surface area contributed by atoms with E-state index < -0.39 is 0 Å². The monoisotopic (exact) mass is 302 g/mol. The van der Waals surface area contributed by atoms with E-state index in [-0.39, 0.29) is 0 Å². The summed E-state index contributed by atoms with van der Waals surface area (Å²) in [6, 6.07) is 0. The lowest BCUT2D eigenvalue weighted by atomic mass is 10.1. The predicted octanol–water partition coefficient (Wildman–Crippen LogP) is 7.00. The van der Waals surface area contributed by atoms with Crippen LogP contribution in [0.25, 0.3) is 0 Å². The molecule has 1 rings (SSSR count). The van der Waals surface area contributed by atoms with Crippen LogP contribution in [0.15, 0.2) is 5.38 Å². The summed E-state index contributed by atoms with van der Waals surface area (Å²) in [5.74, 6) is 0. The number of hydrogen-bond acceptors (Lipinski definition) is 3. The van der Waals surface area contributed by atoms with Crippen molar-refractivity contribution in [2.75, 3.05) is 0 Å². The van der Waals surface area contributed by atoms with Gasteiger partial charge in [-0.3, -0.25) is 0 Å². The Hall–Kier alpha value is 0.270. The highest BCUT2D eigenvalue weighted by molar-refractivity contribution is 7.76. The average Bonchev–Trinajstić information content (AvgIpc) is 2.77. The van der Waals surface area contributed by atoms with Gasteiger partial charge in [0, 0.05) is 10.3 Å². The molecule has 0 amide bonds. The van der Waals surface area contributed by atoms with Gasteiger partial charge in [0.1, 0.15) is 3.14 Å². The summed E-state index contributed by atoms with van der Waals surface area (Å²) in [6.45, 7) is 2.28. The van der Waals surface area contributed by atoms with Crippen LogP contribution >= 0.6 is 34.9 Å². The van der Waals surface area contributed by atoms with Gasteiger partial charge in [0.25, 0.3) is 0 Å². The fourth-order valence-electron chi connectivity index (χ4n) is 2.17. The molecule has 0 nitrogen and oxygen atoms in total. The molecule has 0 bridgehead atoms. The molecule has 0 spiro atoms. The Kier molecular flexibility index (Phi) is 10.1. The molecule has 0 aliphatic rings. The number of rotatable bonds is 11. The third-order valence-corrected chi connectivity index (χ3v) is 5.85. The summed E-state index contributed by atoms with van der Waals surface area (Å²) in [6.07, 6.45) is 15.4. The fraction of sp³-hybridized carbons (Fsp3) is 0.800. The third-order valence-electron chi connectivity index (χ3n) is 3.28. The second-order valence-electron chi connectivity index (χ2n) is 4.99. The molecule has 1 aromatic rings. The second-order valence-corrected chi connectivity index (χ2v) is 8.19. The lowest BCUT2D eigenvalue weighted by molar-refractivity contribution is 0.557. The summed E-state index contributed by atoms with van der Waals surface area (Å²) in [5.41, 5.74) is 0. The van der Waals surface area contributed by atoms with Crippen LogP contribution in [0.1, 0.15) is 76.0 Å². The summed E-state index contributed by atoms with van der Waals surface area (Å²) < 4.78 is 1.08. The van der Waals surface area contributed by atoms with Crippen LogP contribution in [0, 0.1) is 3.14 Å². The van der Waals surface area contributed by atoms with Gasteiger partial charge < -0.3 is 0 Å². The molecule has 3 heteroatoms. The first kappa shape index (κ1) is 16.3. The summed E-state index contributed by atoms with van der Waals surface area (Å²) >= 11 is 8.67. The molecule has 0 fully saturated rings. The molecule has 1 aromatic heterocycles. The van der Waals surface area contributed by atoms with Crippen LogP contribution in [0.2, 0.25) is 0 Å². The van der Waals surface area contributed by atoms with E-state index in [9.17, 15) is 0 Å².